The standard InChI is InChI=1S/C49H92O15/c1-3-5-7-9-11-13-15-16-17-18-19-20-21-22-24-26-28-30-32-41(52)62-37(34-59-40(51)31-29-27-25-23-14-12-10-8-6-4-2)35-60-48-47(58)45(56)43(54)39(64-48)36-61-49-46(57)44(55)42(53)38(33-50)63-49/h37-39,42-50,53-58H,3-36H2,1-2H3. The van der Waals surface area contributed by atoms with Gasteiger partial charge < -0.3 is 64.2 Å². The van der Waals surface area contributed by atoms with Crippen LogP contribution in [-0.4, -0.2) is 142 Å². The van der Waals surface area contributed by atoms with Crippen molar-refractivity contribution >= 4 is 11.9 Å². The highest BCUT2D eigenvalue weighted by Crippen LogP contribution is 2.26. The maximum atomic E-state index is 13.0. The molecule has 64 heavy (non-hydrogen) atoms. The van der Waals surface area contributed by atoms with Gasteiger partial charge in [-0.25, -0.2) is 0 Å². The number of ether oxygens (including phenoxy) is 6. The third-order valence-electron chi connectivity index (χ3n) is 12.6. The van der Waals surface area contributed by atoms with Crippen molar-refractivity contribution in [3.63, 3.8) is 0 Å². The summed E-state index contributed by atoms with van der Waals surface area (Å²) < 4.78 is 33.5. The summed E-state index contributed by atoms with van der Waals surface area (Å²) in [4.78, 5) is 25.7. The number of rotatable bonds is 40. The minimum Gasteiger partial charge on any atom is -0.462 e. The topological polar surface area (TPSA) is 231 Å². The molecular weight excluding hydrogens is 829 g/mol. The van der Waals surface area contributed by atoms with E-state index in [4.69, 9.17) is 28.4 Å². The molecule has 15 nitrogen and oxygen atoms in total. The quantitative estimate of drug-likeness (QED) is 0.0247. The number of aliphatic hydroxyl groups is 7. The second-order valence-electron chi connectivity index (χ2n) is 18.4. The Balaban J connectivity index is 1.78. The molecule has 2 rings (SSSR count). The minimum absolute atomic E-state index is 0.173. The van der Waals surface area contributed by atoms with Crippen LogP contribution >= 0.6 is 0 Å². The van der Waals surface area contributed by atoms with Crippen molar-refractivity contribution < 1.29 is 73.8 Å². The molecule has 0 aromatic heterocycles. The van der Waals surface area contributed by atoms with Gasteiger partial charge in [-0.3, -0.25) is 9.59 Å². The lowest BCUT2D eigenvalue weighted by Crippen LogP contribution is -2.61. The Morgan fingerprint density at radius 2 is 0.797 bits per heavy atom. The van der Waals surface area contributed by atoms with E-state index in [1.807, 2.05) is 0 Å². The molecule has 0 spiro atoms. The molecule has 11 atom stereocenters. The van der Waals surface area contributed by atoms with Crippen LogP contribution in [0.15, 0.2) is 0 Å². The number of hydrogen-bond donors (Lipinski definition) is 7. The molecule has 0 saturated carbocycles. The summed E-state index contributed by atoms with van der Waals surface area (Å²) >= 11 is 0. The lowest BCUT2D eigenvalue weighted by atomic mass is 9.98. The van der Waals surface area contributed by atoms with Crippen LogP contribution in [0, 0.1) is 0 Å². The summed E-state index contributed by atoms with van der Waals surface area (Å²) in [6.07, 6.45) is 17.1. The molecular formula is C49H92O15. The molecule has 2 saturated heterocycles. The molecule has 2 heterocycles. The van der Waals surface area contributed by atoms with E-state index in [9.17, 15) is 45.3 Å². The van der Waals surface area contributed by atoms with Gasteiger partial charge in [0.15, 0.2) is 18.7 Å². The highest BCUT2D eigenvalue weighted by molar-refractivity contribution is 5.70. The monoisotopic (exact) mass is 921 g/mol. The second-order valence-corrected chi connectivity index (χ2v) is 18.4. The summed E-state index contributed by atoms with van der Waals surface area (Å²) in [6, 6.07) is 0. The van der Waals surface area contributed by atoms with Crippen LogP contribution in [0.25, 0.3) is 0 Å². The molecule has 378 valence electrons. The summed E-state index contributed by atoms with van der Waals surface area (Å²) in [6.45, 7) is 2.60. The van der Waals surface area contributed by atoms with Gasteiger partial charge >= 0.3 is 11.9 Å². The van der Waals surface area contributed by atoms with Crippen LogP contribution in [0.1, 0.15) is 206 Å². The van der Waals surface area contributed by atoms with Crippen molar-refractivity contribution in [2.24, 2.45) is 0 Å². The number of carbonyl (C=O) groups excluding carboxylic acids is 2. The minimum atomic E-state index is -1.76. The van der Waals surface area contributed by atoms with Crippen molar-refractivity contribution in [2.45, 2.75) is 274 Å². The fraction of sp³-hybridized carbons (Fsp3) is 0.959. The number of esters is 2. The summed E-state index contributed by atoms with van der Waals surface area (Å²) in [5, 5.41) is 72.0. The number of hydrogen-bond acceptors (Lipinski definition) is 15. The first-order valence-corrected chi connectivity index (χ1v) is 25.6. The Morgan fingerprint density at radius 3 is 1.22 bits per heavy atom. The van der Waals surface area contributed by atoms with Crippen LogP contribution < -0.4 is 0 Å². The van der Waals surface area contributed by atoms with Gasteiger partial charge in [-0.1, -0.05) is 181 Å². The normalized spacial score (nSPS) is 26.5. The number of unbranched alkanes of at least 4 members (excludes halogenated alkanes) is 26. The molecule has 2 aliphatic rings. The number of carbonyl (C=O) groups is 2. The fourth-order valence-corrected chi connectivity index (χ4v) is 8.34. The van der Waals surface area contributed by atoms with E-state index in [1.54, 1.807) is 0 Å². The van der Waals surface area contributed by atoms with Gasteiger partial charge in [-0.05, 0) is 12.8 Å². The SMILES string of the molecule is CCCCCCCCCCCCCCCCCCCCC(=O)OC(COC(=O)CCCCCCCCCCCC)COC1OC(COC2OC(CO)C(O)C(O)C2O)C(O)C(O)C1O. The van der Waals surface area contributed by atoms with E-state index in [0.29, 0.717) is 12.8 Å². The van der Waals surface area contributed by atoms with Crippen molar-refractivity contribution in [2.75, 3.05) is 26.4 Å². The van der Waals surface area contributed by atoms with Gasteiger partial charge in [0.2, 0.25) is 0 Å². The van der Waals surface area contributed by atoms with Crippen molar-refractivity contribution in [1.82, 2.24) is 0 Å². The predicted octanol–water partition coefficient (Wildman–Crippen LogP) is 6.82. The van der Waals surface area contributed by atoms with Crippen molar-refractivity contribution in [3.8, 4) is 0 Å². The van der Waals surface area contributed by atoms with E-state index in [-0.39, 0.29) is 26.1 Å². The van der Waals surface area contributed by atoms with Crippen LogP contribution in [0.3, 0.4) is 0 Å². The summed E-state index contributed by atoms with van der Waals surface area (Å²) in [7, 11) is 0. The average Bonchev–Trinajstić information content (AvgIpc) is 3.29. The zero-order chi connectivity index (χ0) is 46.8. The maximum absolute atomic E-state index is 13.0. The van der Waals surface area contributed by atoms with Crippen LogP contribution in [0.5, 0.6) is 0 Å². The first kappa shape index (κ1) is 58.6. The Labute approximate surface area is 385 Å². The third kappa shape index (κ3) is 25.6. The van der Waals surface area contributed by atoms with E-state index in [1.165, 1.54) is 128 Å². The Kier molecular flexibility index (Phi) is 34.3. The number of aliphatic hydroxyl groups excluding tert-OH is 7. The lowest BCUT2D eigenvalue weighted by Gasteiger charge is -2.42. The molecule has 11 unspecified atom stereocenters. The van der Waals surface area contributed by atoms with Crippen LogP contribution in [-0.2, 0) is 38.0 Å². The van der Waals surface area contributed by atoms with E-state index >= 15 is 0 Å². The average molecular weight is 921 g/mol. The Bertz CT molecular complexity index is 1130. The molecule has 2 aliphatic heterocycles. The Morgan fingerprint density at radius 1 is 0.438 bits per heavy atom. The fourth-order valence-electron chi connectivity index (χ4n) is 8.34. The van der Waals surface area contributed by atoms with Gasteiger partial charge in [-0.2, -0.15) is 0 Å². The van der Waals surface area contributed by atoms with Gasteiger partial charge in [0.05, 0.1) is 19.8 Å². The van der Waals surface area contributed by atoms with E-state index in [0.717, 1.165) is 38.5 Å². The second kappa shape index (κ2) is 37.5. The zero-order valence-corrected chi connectivity index (χ0v) is 39.8. The van der Waals surface area contributed by atoms with Crippen molar-refractivity contribution in [3.05, 3.63) is 0 Å². The van der Waals surface area contributed by atoms with Crippen molar-refractivity contribution in [1.29, 1.82) is 0 Å². The molecule has 0 aromatic rings. The molecule has 0 aliphatic carbocycles. The lowest BCUT2D eigenvalue weighted by molar-refractivity contribution is -0.332. The summed E-state index contributed by atoms with van der Waals surface area (Å²) in [5.74, 6) is -0.913. The molecule has 15 heteroatoms. The van der Waals surface area contributed by atoms with Gasteiger partial charge in [0, 0.05) is 12.8 Å². The predicted molar refractivity (Wildman–Crippen MR) is 243 cm³/mol. The molecule has 0 aromatic carbocycles. The third-order valence-corrected chi connectivity index (χ3v) is 12.6. The van der Waals surface area contributed by atoms with Gasteiger partial charge in [0.25, 0.3) is 0 Å². The van der Waals surface area contributed by atoms with Gasteiger partial charge in [0.1, 0.15) is 55.4 Å². The summed E-state index contributed by atoms with van der Waals surface area (Å²) in [5.41, 5.74) is 0. The van der Waals surface area contributed by atoms with E-state index in [2.05, 4.69) is 13.8 Å². The van der Waals surface area contributed by atoms with Gasteiger partial charge in [-0.15, -0.1) is 0 Å². The molecule has 0 amide bonds. The first-order chi connectivity index (χ1) is 31.0. The molecule has 7 N–H and O–H groups in total. The smallest absolute Gasteiger partial charge is 0.306 e. The van der Waals surface area contributed by atoms with Crippen LogP contribution in [0.2, 0.25) is 0 Å². The van der Waals surface area contributed by atoms with E-state index < -0.39 is 92.7 Å². The highest BCUT2D eigenvalue weighted by Gasteiger charge is 2.47. The molecule has 0 radical (unpaired) electrons. The molecule has 2 fully saturated rings. The largest absolute Gasteiger partial charge is 0.462 e. The molecule has 0 bridgehead atoms. The van der Waals surface area contributed by atoms with Crippen LogP contribution in [0.4, 0.5) is 0 Å². The zero-order valence-electron chi connectivity index (χ0n) is 39.8. The Hall–Kier alpha value is -1.50. The first-order valence-electron chi connectivity index (χ1n) is 25.6. The highest BCUT2D eigenvalue weighted by atomic mass is 16.7. The maximum Gasteiger partial charge on any atom is 0.306 e.